The molecular formula is C23H31NO3S. The lowest BCUT2D eigenvalue weighted by molar-refractivity contribution is -0.146. The van der Waals surface area contributed by atoms with E-state index in [-0.39, 0.29) is 28.5 Å². The van der Waals surface area contributed by atoms with Crippen LogP contribution in [0.3, 0.4) is 0 Å². The molecule has 5 heteroatoms. The number of carbonyl (C=O) groups excluding carboxylic acids is 2. The molecule has 0 spiro atoms. The molecule has 0 radical (unpaired) electrons. The number of hydrogen-bond acceptors (Lipinski definition) is 5. The van der Waals surface area contributed by atoms with Crippen LogP contribution in [0.15, 0.2) is 28.4 Å². The van der Waals surface area contributed by atoms with E-state index in [1.807, 2.05) is 13.8 Å². The van der Waals surface area contributed by atoms with E-state index < -0.39 is 5.92 Å². The standard InChI is InChI=1S/C23H31NO3S/c1-8-27-21(26)18-13(2)24-14-11-23(6,7)12-15(25)19(14)20(18)16-9-10-17(28-16)22(3,4)5/h9-10,18,20H,8,11-12H2,1-7H3/t18?,20-/m0/s1. The monoisotopic (exact) mass is 401 g/mol. The molecule has 28 heavy (non-hydrogen) atoms. The van der Waals surface area contributed by atoms with E-state index in [1.54, 1.807) is 11.3 Å². The Kier molecular flexibility index (Phi) is 5.43. The van der Waals surface area contributed by atoms with Crippen LogP contribution >= 0.6 is 11.3 Å². The average molecular weight is 402 g/mol. The van der Waals surface area contributed by atoms with Crippen LogP contribution in [-0.2, 0) is 19.7 Å². The molecular weight excluding hydrogens is 370 g/mol. The van der Waals surface area contributed by atoms with Crippen LogP contribution in [0.1, 0.15) is 77.0 Å². The minimum Gasteiger partial charge on any atom is -0.465 e. The molecule has 2 atom stereocenters. The second kappa shape index (κ2) is 7.25. The molecule has 152 valence electrons. The number of carbonyl (C=O) groups is 2. The number of rotatable bonds is 3. The van der Waals surface area contributed by atoms with Crippen LogP contribution < -0.4 is 0 Å². The van der Waals surface area contributed by atoms with Crippen molar-refractivity contribution in [2.24, 2.45) is 16.3 Å². The fraction of sp³-hybridized carbons (Fsp3) is 0.609. The van der Waals surface area contributed by atoms with Gasteiger partial charge in [-0.25, -0.2) is 0 Å². The molecule has 3 rings (SSSR count). The topological polar surface area (TPSA) is 55.7 Å². The first kappa shape index (κ1) is 21.0. The Labute approximate surface area is 172 Å². The number of nitrogens with zero attached hydrogens (tertiary/aromatic N) is 1. The van der Waals surface area contributed by atoms with Crippen LogP contribution in [0.4, 0.5) is 0 Å². The van der Waals surface area contributed by atoms with Gasteiger partial charge in [-0.3, -0.25) is 14.6 Å². The quantitative estimate of drug-likeness (QED) is 0.635. The highest BCUT2D eigenvalue weighted by Crippen LogP contribution is 2.49. The van der Waals surface area contributed by atoms with Crippen molar-refractivity contribution >= 4 is 28.8 Å². The molecule has 2 aliphatic rings. The molecule has 1 aliphatic heterocycles. The average Bonchev–Trinajstić information content (AvgIpc) is 3.02. The summed E-state index contributed by atoms with van der Waals surface area (Å²) in [6, 6.07) is 4.21. The maximum Gasteiger partial charge on any atom is 0.315 e. The summed E-state index contributed by atoms with van der Waals surface area (Å²) in [7, 11) is 0. The summed E-state index contributed by atoms with van der Waals surface area (Å²) >= 11 is 1.70. The molecule has 0 amide bonds. The summed E-state index contributed by atoms with van der Waals surface area (Å²) in [6.45, 7) is 14.8. The highest BCUT2D eigenvalue weighted by Gasteiger charge is 2.46. The van der Waals surface area contributed by atoms with Gasteiger partial charge in [0.25, 0.3) is 0 Å². The van der Waals surface area contributed by atoms with Crippen LogP contribution in [0.25, 0.3) is 0 Å². The van der Waals surface area contributed by atoms with Crippen molar-refractivity contribution in [3.8, 4) is 0 Å². The van der Waals surface area contributed by atoms with Crippen LogP contribution in [0, 0.1) is 11.3 Å². The number of allylic oxidation sites excluding steroid dienone is 2. The van der Waals surface area contributed by atoms with Crippen molar-refractivity contribution in [1.82, 2.24) is 0 Å². The van der Waals surface area contributed by atoms with Gasteiger partial charge >= 0.3 is 5.97 Å². The number of thiophene rings is 1. The van der Waals surface area contributed by atoms with Gasteiger partial charge in [-0.1, -0.05) is 34.6 Å². The van der Waals surface area contributed by atoms with Gasteiger partial charge in [0.1, 0.15) is 5.92 Å². The number of Topliss-reactive ketones (excluding diaryl/α,β-unsaturated/α-hetero) is 1. The molecule has 0 bridgehead atoms. The summed E-state index contributed by atoms with van der Waals surface area (Å²) in [6.07, 6.45) is 1.25. The van der Waals surface area contributed by atoms with E-state index >= 15 is 0 Å². The lowest BCUT2D eigenvalue weighted by Crippen LogP contribution is -2.39. The fourth-order valence-corrected chi connectivity index (χ4v) is 5.43. The Morgan fingerprint density at radius 1 is 1.29 bits per heavy atom. The summed E-state index contributed by atoms with van der Waals surface area (Å²) in [5.41, 5.74) is 2.25. The Morgan fingerprint density at radius 2 is 1.96 bits per heavy atom. The van der Waals surface area contributed by atoms with Gasteiger partial charge in [-0.2, -0.15) is 0 Å². The Bertz CT molecular complexity index is 867. The van der Waals surface area contributed by atoms with Crippen molar-refractivity contribution < 1.29 is 14.3 Å². The van der Waals surface area contributed by atoms with Crippen molar-refractivity contribution in [1.29, 1.82) is 0 Å². The molecule has 1 aromatic rings. The number of hydrogen-bond donors (Lipinski definition) is 0. The van der Waals surface area contributed by atoms with E-state index in [4.69, 9.17) is 9.73 Å². The Morgan fingerprint density at radius 3 is 2.54 bits per heavy atom. The van der Waals surface area contributed by atoms with Gasteiger partial charge in [0, 0.05) is 39.1 Å². The SMILES string of the molecule is CCOC(=O)C1C(C)=NC2=C(C(=O)CC(C)(C)C2)[C@H]1c1ccc(C(C)(C)C)s1. The predicted molar refractivity (Wildman–Crippen MR) is 114 cm³/mol. The molecule has 1 aliphatic carbocycles. The van der Waals surface area contributed by atoms with Gasteiger partial charge in [0.05, 0.1) is 6.61 Å². The largest absolute Gasteiger partial charge is 0.465 e. The highest BCUT2D eigenvalue weighted by atomic mass is 32.1. The first-order valence-electron chi connectivity index (χ1n) is 10.0. The second-order valence-electron chi connectivity index (χ2n) is 9.71. The molecule has 1 unspecified atom stereocenters. The third kappa shape index (κ3) is 3.86. The molecule has 0 saturated carbocycles. The summed E-state index contributed by atoms with van der Waals surface area (Å²) in [5.74, 6) is -0.997. The van der Waals surface area contributed by atoms with Gasteiger partial charge in [0.2, 0.25) is 0 Å². The zero-order valence-electron chi connectivity index (χ0n) is 18.0. The normalized spacial score (nSPS) is 24.7. The third-order valence-corrected chi connectivity index (χ3v) is 7.11. The second-order valence-corrected chi connectivity index (χ2v) is 10.8. The van der Waals surface area contributed by atoms with Crippen LogP contribution in [-0.4, -0.2) is 24.1 Å². The van der Waals surface area contributed by atoms with Gasteiger partial charge < -0.3 is 4.74 Å². The van der Waals surface area contributed by atoms with Crippen LogP contribution in [0.2, 0.25) is 0 Å². The zero-order valence-corrected chi connectivity index (χ0v) is 18.8. The lowest BCUT2D eigenvalue weighted by atomic mass is 9.68. The predicted octanol–water partition coefficient (Wildman–Crippen LogP) is 5.43. The maximum atomic E-state index is 13.2. The number of esters is 1. The number of ketones is 1. The molecule has 0 aromatic carbocycles. The zero-order chi connectivity index (χ0) is 20.9. The first-order valence-corrected chi connectivity index (χ1v) is 10.8. The molecule has 1 aromatic heterocycles. The maximum absolute atomic E-state index is 13.2. The molecule has 0 saturated heterocycles. The fourth-order valence-electron chi connectivity index (χ4n) is 4.21. The van der Waals surface area contributed by atoms with Gasteiger partial charge in [0.15, 0.2) is 5.78 Å². The minimum absolute atomic E-state index is 0.0237. The van der Waals surface area contributed by atoms with E-state index in [0.717, 1.165) is 28.3 Å². The van der Waals surface area contributed by atoms with E-state index in [2.05, 4.69) is 46.8 Å². The smallest absolute Gasteiger partial charge is 0.315 e. The number of aliphatic imine (C=N–C) groups is 1. The van der Waals surface area contributed by atoms with Gasteiger partial charge in [-0.15, -0.1) is 11.3 Å². The molecule has 0 N–H and O–H groups in total. The highest BCUT2D eigenvalue weighted by molar-refractivity contribution is 7.12. The van der Waals surface area contributed by atoms with Crippen molar-refractivity contribution in [2.45, 2.75) is 72.6 Å². The van der Waals surface area contributed by atoms with Crippen molar-refractivity contribution in [2.75, 3.05) is 6.61 Å². The van der Waals surface area contributed by atoms with Gasteiger partial charge in [-0.05, 0) is 43.2 Å². The lowest BCUT2D eigenvalue weighted by Gasteiger charge is -2.38. The summed E-state index contributed by atoms with van der Waals surface area (Å²) < 4.78 is 5.38. The third-order valence-electron chi connectivity index (χ3n) is 5.52. The van der Waals surface area contributed by atoms with E-state index in [1.165, 1.54) is 4.88 Å². The summed E-state index contributed by atoms with van der Waals surface area (Å²) in [5, 5.41) is 0. The van der Waals surface area contributed by atoms with Crippen molar-refractivity contribution in [3.05, 3.63) is 33.2 Å². The minimum atomic E-state index is -0.532. The van der Waals surface area contributed by atoms with Crippen molar-refractivity contribution in [3.63, 3.8) is 0 Å². The van der Waals surface area contributed by atoms with Crippen LogP contribution in [0.5, 0.6) is 0 Å². The Balaban J connectivity index is 2.16. The molecule has 2 heterocycles. The van der Waals surface area contributed by atoms with E-state index in [9.17, 15) is 9.59 Å². The van der Waals surface area contributed by atoms with E-state index in [0.29, 0.717) is 13.0 Å². The molecule has 0 fully saturated rings. The Hall–Kier alpha value is -1.75. The first-order chi connectivity index (χ1) is 12.9. The molecule has 4 nitrogen and oxygen atoms in total. The number of ether oxygens (including phenoxy) is 1. The summed E-state index contributed by atoms with van der Waals surface area (Å²) in [4.78, 5) is 33.1.